The van der Waals surface area contributed by atoms with Gasteiger partial charge in [-0.25, -0.2) is 0 Å². The highest BCUT2D eigenvalue weighted by Crippen LogP contribution is 2.29. The van der Waals surface area contributed by atoms with Crippen molar-refractivity contribution in [3.63, 3.8) is 0 Å². The van der Waals surface area contributed by atoms with E-state index in [9.17, 15) is 4.79 Å². The molecular weight excluding hydrogens is 206 g/mol. The van der Waals surface area contributed by atoms with Crippen LogP contribution >= 0.6 is 0 Å². The Morgan fingerprint density at radius 3 is 2.38 bits per heavy atom. The van der Waals surface area contributed by atoms with Crippen LogP contribution in [0, 0.1) is 23.2 Å². The molecule has 0 fully saturated rings. The third kappa shape index (κ3) is 2.31. The maximum Gasteiger partial charge on any atom is 0.162 e. The number of methoxy groups -OCH3 is 2. The van der Waals surface area contributed by atoms with E-state index in [4.69, 9.17) is 14.7 Å². The van der Waals surface area contributed by atoms with Crippen LogP contribution in [0.4, 0.5) is 0 Å². The molecule has 0 amide bonds. The molecule has 1 aromatic rings. The third-order valence-corrected chi connectivity index (χ3v) is 1.94. The van der Waals surface area contributed by atoms with E-state index in [2.05, 4.69) is 11.8 Å². The van der Waals surface area contributed by atoms with E-state index in [1.807, 2.05) is 0 Å². The molecule has 0 atom stereocenters. The quantitative estimate of drug-likeness (QED) is 0.564. The number of aldehydes is 1. The van der Waals surface area contributed by atoms with E-state index in [-0.39, 0.29) is 0 Å². The van der Waals surface area contributed by atoms with Crippen LogP contribution in [0.2, 0.25) is 0 Å². The van der Waals surface area contributed by atoms with E-state index >= 15 is 0 Å². The van der Waals surface area contributed by atoms with Gasteiger partial charge in [0.25, 0.3) is 0 Å². The van der Waals surface area contributed by atoms with Gasteiger partial charge in [-0.05, 0) is 12.0 Å². The number of hydrogen-bond donors (Lipinski definition) is 0. The standard InChI is InChI=1S/C12H9NO3/c1-15-11-6-9(4-3-5-13)10(8-14)7-12(11)16-2/h6-8H,1-2H3. The Morgan fingerprint density at radius 1 is 1.25 bits per heavy atom. The lowest BCUT2D eigenvalue weighted by atomic mass is 10.1. The summed E-state index contributed by atoms with van der Waals surface area (Å²) in [6, 6.07) is 4.77. The van der Waals surface area contributed by atoms with E-state index < -0.39 is 0 Å². The van der Waals surface area contributed by atoms with Gasteiger partial charge in [0, 0.05) is 23.1 Å². The van der Waals surface area contributed by atoms with Crippen molar-refractivity contribution in [2.24, 2.45) is 0 Å². The van der Waals surface area contributed by atoms with E-state index in [1.54, 1.807) is 12.1 Å². The lowest BCUT2D eigenvalue weighted by Gasteiger charge is -2.08. The van der Waals surface area contributed by atoms with Gasteiger partial charge in [-0.3, -0.25) is 4.79 Å². The summed E-state index contributed by atoms with van der Waals surface area (Å²) in [6.07, 6.45) is 0.656. The third-order valence-electron chi connectivity index (χ3n) is 1.94. The van der Waals surface area contributed by atoms with Gasteiger partial charge < -0.3 is 9.47 Å². The van der Waals surface area contributed by atoms with Crippen molar-refractivity contribution in [3.05, 3.63) is 23.3 Å². The maximum atomic E-state index is 10.8. The molecule has 0 N–H and O–H groups in total. The fourth-order valence-electron chi connectivity index (χ4n) is 1.20. The summed E-state index contributed by atoms with van der Waals surface area (Å²) in [6.45, 7) is 0. The molecule has 0 unspecified atom stereocenters. The molecule has 0 saturated carbocycles. The minimum absolute atomic E-state index is 0.361. The molecule has 0 bridgehead atoms. The number of ether oxygens (including phenoxy) is 2. The summed E-state index contributed by atoms with van der Waals surface area (Å²) in [5.41, 5.74) is 0.801. The molecule has 80 valence electrons. The molecule has 0 aliphatic rings. The van der Waals surface area contributed by atoms with Crippen molar-refractivity contribution in [2.45, 2.75) is 0 Å². The largest absolute Gasteiger partial charge is 0.493 e. The Labute approximate surface area is 93.4 Å². The van der Waals surface area contributed by atoms with E-state index in [0.717, 1.165) is 0 Å². The Kier molecular flexibility index (Phi) is 3.94. The lowest BCUT2D eigenvalue weighted by molar-refractivity contribution is 0.112. The summed E-state index contributed by atoms with van der Waals surface area (Å²) in [5, 5.41) is 8.35. The van der Waals surface area contributed by atoms with Crippen LogP contribution in [0.25, 0.3) is 0 Å². The van der Waals surface area contributed by atoms with E-state index in [1.165, 1.54) is 20.3 Å². The zero-order chi connectivity index (χ0) is 12.0. The first-order chi connectivity index (χ1) is 7.76. The average molecular weight is 215 g/mol. The van der Waals surface area contributed by atoms with Gasteiger partial charge in [0.05, 0.1) is 14.2 Å². The maximum absolute atomic E-state index is 10.8. The average Bonchev–Trinajstić information content (AvgIpc) is 2.35. The summed E-state index contributed by atoms with van der Waals surface area (Å²) >= 11 is 0. The predicted octanol–water partition coefficient (Wildman–Crippen LogP) is 1.39. The minimum atomic E-state index is 0.361. The molecule has 0 aliphatic carbocycles. The summed E-state index contributed by atoms with van der Waals surface area (Å²) in [5.74, 6) is 5.71. The number of rotatable bonds is 3. The number of nitriles is 1. The number of hydrogen-bond acceptors (Lipinski definition) is 4. The highest BCUT2D eigenvalue weighted by Gasteiger charge is 2.09. The number of carbonyl (C=O) groups is 1. The van der Waals surface area contributed by atoms with Crippen LogP contribution in [-0.2, 0) is 0 Å². The van der Waals surface area contributed by atoms with Gasteiger partial charge in [-0.1, -0.05) is 0 Å². The molecule has 0 aromatic heterocycles. The van der Waals surface area contributed by atoms with Crippen LogP contribution < -0.4 is 9.47 Å². The Balaban J connectivity index is 3.38. The first-order valence-electron chi connectivity index (χ1n) is 4.38. The second-order valence-corrected chi connectivity index (χ2v) is 2.77. The fourth-order valence-corrected chi connectivity index (χ4v) is 1.20. The molecule has 1 rings (SSSR count). The molecule has 0 spiro atoms. The molecule has 4 heteroatoms. The second-order valence-electron chi connectivity index (χ2n) is 2.77. The second kappa shape index (κ2) is 5.43. The van der Waals surface area contributed by atoms with Crippen molar-refractivity contribution in [1.82, 2.24) is 0 Å². The van der Waals surface area contributed by atoms with Gasteiger partial charge >= 0.3 is 0 Å². The molecular formula is C12H9NO3. The van der Waals surface area contributed by atoms with Crippen molar-refractivity contribution in [3.8, 4) is 29.4 Å². The molecule has 4 nitrogen and oxygen atoms in total. The molecule has 0 aliphatic heterocycles. The van der Waals surface area contributed by atoms with Gasteiger partial charge in [-0.2, -0.15) is 5.26 Å². The van der Waals surface area contributed by atoms with Gasteiger partial charge in [0.2, 0.25) is 0 Å². The Hall–Kier alpha value is -2.46. The first kappa shape index (κ1) is 11.6. The van der Waals surface area contributed by atoms with Crippen molar-refractivity contribution >= 4 is 6.29 Å². The van der Waals surface area contributed by atoms with E-state index in [0.29, 0.717) is 28.9 Å². The van der Waals surface area contributed by atoms with Crippen LogP contribution in [0.15, 0.2) is 12.1 Å². The van der Waals surface area contributed by atoms with Crippen molar-refractivity contribution in [2.75, 3.05) is 14.2 Å². The van der Waals surface area contributed by atoms with Crippen LogP contribution in [0.5, 0.6) is 11.5 Å². The number of benzene rings is 1. The van der Waals surface area contributed by atoms with Gasteiger partial charge in [0.1, 0.15) is 0 Å². The Bertz CT molecular complexity index is 503. The minimum Gasteiger partial charge on any atom is -0.493 e. The van der Waals surface area contributed by atoms with Gasteiger partial charge in [-0.15, -0.1) is 0 Å². The first-order valence-corrected chi connectivity index (χ1v) is 4.38. The molecule has 1 aromatic carbocycles. The zero-order valence-corrected chi connectivity index (χ0v) is 8.90. The van der Waals surface area contributed by atoms with Gasteiger partial charge in [0.15, 0.2) is 23.9 Å². The van der Waals surface area contributed by atoms with Crippen LogP contribution in [-0.4, -0.2) is 20.5 Å². The SMILES string of the molecule is COc1cc(C#CC#N)c(C=O)cc1OC. The Morgan fingerprint density at radius 2 is 1.88 bits per heavy atom. The highest BCUT2D eigenvalue weighted by molar-refractivity contribution is 5.81. The zero-order valence-electron chi connectivity index (χ0n) is 8.90. The van der Waals surface area contributed by atoms with Crippen LogP contribution in [0.1, 0.15) is 15.9 Å². The topological polar surface area (TPSA) is 59.3 Å². The monoisotopic (exact) mass is 215 g/mol. The molecule has 0 radical (unpaired) electrons. The van der Waals surface area contributed by atoms with Crippen molar-refractivity contribution in [1.29, 1.82) is 5.26 Å². The van der Waals surface area contributed by atoms with Crippen molar-refractivity contribution < 1.29 is 14.3 Å². The van der Waals surface area contributed by atoms with Crippen LogP contribution in [0.3, 0.4) is 0 Å². The number of nitrogens with zero attached hydrogens (tertiary/aromatic N) is 1. The smallest absolute Gasteiger partial charge is 0.162 e. The molecule has 16 heavy (non-hydrogen) atoms. The fraction of sp³-hybridized carbons (Fsp3) is 0.167. The summed E-state index contributed by atoms with van der Waals surface area (Å²) < 4.78 is 10.1. The number of carbonyl (C=O) groups excluding carboxylic acids is 1. The lowest BCUT2D eigenvalue weighted by Crippen LogP contribution is -1.95. The predicted molar refractivity (Wildman–Crippen MR) is 57.4 cm³/mol. The summed E-state index contributed by atoms with van der Waals surface area (Å²) in [7, 11) is 2.97. The highest BCUT2D eigenvalue weighted by atomic mass is 16.5. The summed E-state index contributed by atoms with van der Waals surface area (Å²) in [4.78, 5) is 10.8. The molecule has 0 saturated heterocycles. The normalized spacial score (nSPS) is 8.31. The molecule has 0 heterocycles.